The second kappa shape index (κ2) is 6.00. The second-order valence-electron chi connectivity index (χ2n) is 5.49. The van der Waals surface area contributed by atoms with Crippen LogP contribution in [0.2, 0.25) is 0 Å². The van der Waals surface area contributed by atoms with Gasteiger partial charge in [-0.3, -0.25) is 0 Å². The molecular formula is C17H19NO2S. The fraction of sp³-hybridized carbons (Fsp3) is 0.294. The van der Waals surface area contributed by atoms with Gasteiger partial charge in [-0.15, -0.1) is 0 Å². The third-order valence-corrected chi connectivity index (χ3v) is 5.49. The Labute approximate surface area is 126 Å². The van der Waals surface area contributed by atoms with Crippen molar-refractivity contribution < 1.29 is 8.42 Å². The first-order valence-corrected chi connectivity index (χ1v) is 8.81. The fourth-order valence-corrected chi connectivity index (χ4v) is 4.09. The van der Waals surface area contributed by atoms with Crippen LogP contribution in [0.15, 0.2) is 59.5 Å². The quantitative estimate of drug-likeness (QED) is 0.938. The Balaban J connectivity index is 1.80. The average molecular weight is 301 g/mol. The molecule has 1 N–H and O–H groups in total. The van der Waals surface area contributed by atoms with E-state index in [4.69, 9.17) is 0 Å². The fourth-order valence-electron chi connectivity index (χ4n) is 2.79. The molecule has 1 aliphatic carbocycles. The molecule has 0 aromatic heterocycles. The third kappa shape index (κ3) is 3.34. The maximum Gasteiger partial charge on any atom is 0.240 e. The van der Waals surface area contributed by atoms with Gasteiger partial charge in [-0.25, -0.2) is 13.1 Å². The summed E-state index contributed by atoms with van der Waals surface area (Å²) in [5.74, 6) is 0. The van der Waals surface area contributed by atoms with E-state index in [9.17, 15) is 8.42 Å². The monoisotopic (exact) mass is 301 g/mol. The van der Waals surface area contributed by atoms with Crippen LogP contribution >= 0.6 is 0 Å². The second-order valence-corrected chi connectivity index (χ2v) is 7.21. The van der Waals surface area contributed by atoms with Crippen LogP contribution < -0.4 is 4.72 Å². The Bertz CT molecular complexity index is 687. The molecule has 0 radical (unpaired) electrons. The summed E-state index contributed by atoms with van der Waals surface area (Å²) in [4.78, 5) is 0.342. The minimum absolute atomic E-state index is 0.101. The lowest BCUT2D eigenvalue weighted by atomic mass is 10.1. The van der Waals surface area contributed by atoms with Crippen LogP contribution in [-0.2, 0) is 10.0 Å². The highest BCUT2D eigenvalue weighted by Crippen LogP contribution is 2.23. The van der Waals surface area contributed by atoms with Gasteiger partial charge < -0.3 is 0 Å². The van der Waals surface area contributed by atoms with E-state index < -0.39 is 10.0 Å². The predicted molar refractivity (Wildman–Crippen MR) is 84.5 cm³/mol. The standard InChI is InChI=1S/C17H19NO2S/c19-21(20,18-16-8-4-5-9-16)17-12-10-15(11-13-17)14-6-2-1-3-7-14/h1-3,6-7,10-13,16,18H,4-5,8-9H2. The molecule has 1 saturated carbocycles. The first-order chi connectivity index (χ1) is 10.1. The minimum atomic E-state index is -3.39. The van der Waals surface area contributed by atoms with E-state index in [2.05, 4.69) is 4.72 Å². The Morgan fingerprint density at radius 2 is 1.38 bits per heavy atom. The largest absolute Gasteiger partial charge is 0.240 e. The van der Waals surface area contributed by atoms with Crippen molar-refractivity contribution in [1.82, 2.24) is 4.72 Å². The maximum absolute atomic E-state index is 12.3. The van der Waals surface area contributed by atoms with E-state index >= 15 is 0 Å². The van der Waals surface area contributed by atoms with E-state index in [1.807, 2.05) is 42.5 Å². The molecule has 0 heterocycles. The van der Waals surface area contributed by atoms with Gasteiger partial charge in [0.1, 0.15) is 0 Å². The van der Waals surface area contributed by atoms with Gasteiger partial charge in [0, 0.05) is 6.04 Å². The van der Waals surface area contributed by atoms with Crippen molar-refractivity contribution in [2.24, 2.45) is 0 Å². The third-order valence-electron chi connectivity index (χ3n) is 3.95. The molecule has 1 aliphatic rings. The molecule has 0 unspecified atom stereocenters. The van der Waals surface area contributed by atoms with Crippen molar-refractivity contribution in [2.45, 2.75) is 36.6 Å². The molecule has 0 bridgehead atoms. The van der Waals surface area contributed by atoms with Gasteiger partial charge in [0.25, 0.3) is 0 Å². The Hall–Kier alpha value is -1.65. The molecule has 2 aromatic rings. The van der Waals surface area contributed by atoms with Gasteiger partial charge in [0.05, 0.1) is 4.90 Å². The topological polar surface area (TPSA) is 46.2 Å². The van der Waals surface area contributed by atoms with Crippen molar-refractivity contribution in [2.75, 3.05) is 0 Å². The highest BCUT2D eigenvalue weighted by molar-refractivity contribution is 7.89. The van der Waals surface area contributed by atoms with Gasteiger partial charge in [-0.1, -0.05) is 55.3 Å². The summed E-state index contributed by atoms with van der Waals surface area (Å²) in [7, 11) is -3.39. The van der Waals surface area contributed by atoms with E-state index in [0.717, 1.165) is 36.8 Å². The van der Waals surface area contributed by atoms with Crippen LogP contribution in [0, 0.1) is 0 Å². The highest BCUT2D eigenvalue weighted by Gasteiger charge is 2.22. The highest BCUT2D eigenvalue weighted by atomic mass is 32.2. The van der Waals surface area contributed by atoms with E-state index in [1.165, 1.54) is 0 Å². The number of rotatable bonds is 4. The zero-order chi connectivity index (χ0) is 14.7. The van der Waals surface area contributed by atoms with Gasteiger partial charge in [-0.05, 0) is 36.1 Å². The number of hydrogen-bond acceptors (Lipinski definition) is 2. The van der Waals surface area contributed by atoms with Crippen LogP contribution in [0.25, 0.3) is 11.1 Å². The molecule has 0 spiro atoms. The Morgan fingerprint density at radius 1 is 0.810 bits per heavy atom. The first-order valence-electron chi connectivity index (χ1n) is 7.33. The van der Waals surface area contributed by atoms with E-state index in [-0.39, 0.29) is 6.04 Å². The van der Waals surface area contributed by atoms with Crippen LogP contribution in [0.3, 0.4) is 0 Å². The number of nitrogens with one attached hydrogen (secondary N) is 1. The number of hydrogen-bond donors (Lipinski definition) is 1. The van der Waals surface area contributed by atoms with Crippen LogP contribution in [0.5, 0.6) is 0 Å². The summed E-state index contributed by atoms with van der Waals surface area (Å²) in [5.41, 5.74) is 2.11. The normalized spacial score (nSPS) is 16.2. The van der Waals surface area contributed by atoms with Crippen LogP contribution in [0.4, 0.5) is 0 Å². The summed E-state index contributed by atoms with van der Waals surface area (Å²) in [6.45, 7) is 0. The van der Waals surface area contributed by atoms with Crippen molar-refractivity contribution in [3.8, 4) is 11.1 Å². The smallest absolute Gasteiger partial charge is 0.208 e. The summed E-state index contributed by atoms with van der Waals surface area (Å²) >= 11 is 0. The molecule has 0 amide bonds. The van der Waals surface area contributed by atoms with Crippen molar-refractivity contribution in [3.05, 3.63) is 54.6 Å². The van der Waals surface area contributed by atoms with E-state index in [1.54, 1.807) is 12.1 Å². The van der Waals surface area contributed by atoms with Crippen molar-refractivity contribution >= 4 is 10.0 Å². The molecule has 3 nitrogen and oxygen atoms in total. The van der Waals surface area contributed by atoms with Crippen molar-refractivity contribution in [1.29, 1.82) is 0 Å². The molecule has 3 rings (SSSR count). The molecule has 0 saturated heterocycles. The Morgan fingerprint density at radius 3 is 2.00 bits per heavy atom. The molecule has 4 heteroatoms. The molecule has 2 aromatic carbocycles. The first kappa shape index (κ1) is 14.3. The average Bonchev–Trinajstić information content (AvgIpc) is 3.00. The molecule has 21 heavy (non-hydrogen) atoms. The summed E-state index contributed by atoms with van der Waals surface area (Å²) in [6.07, 6.45) is 4.11. The predicted octanol–water partition coefficient (Wildman–Crippen LogP) is 3.57. The Kier molecular flexibility index (Phi) is 4.08. The lowest BCUT2D eigenvalue weighted by Crippen LogP contribution is -2.32. The van der Waals surface area contributed by atoms with Gasteiger partial charge >= 0.3 is 0 Å². The van der Waals surface area contributed by atoms with Gasteiger partial charge in [-0.2, -0.15) is 0 Å². The van der Waals surface area contributed by atoms with Crippen molar-refractivity contribution in [3.63, 3.8) is 0 Å². The lowest BCUT2D eigenvalue weighted by Gasteiger charge is -2.12. The zero-order valence-electron chi connectivity index (χ0n) is 11.8. The molecule has 0 atom stereocenters. The van der Waals surface area contributed by atoms with E-state index in [0.29, 0.717) is 4.90 Å². The van der Waals surface area contributed by atoms with Gasteiger partial charge in [0.15, 0.2) is 0 Å². The molecule has 0 aliphatic heterocycles. The number of sulfonamides is 1. The zero-order valence-corrected chi connectivity index (χ0v) is 12.6. The maximum atomic E-state index is 12.3. The lowest BCUT2D eigenvalue weighted by molar-refractivity contribution is 0.552. The van der Waals surface area contributed by atoms with Gasteiger partial charge in [0.2, 0.25) is 10.0 Å². The summed E-state index contributed by atoms with van der Waals surface area (Å²) in [6, 6.07) is 17.1. The molecular weight excluding hydrogens is 282 g/mol. The summed E-state index contributed by atoms with van der Waals surface area (Å²) < 4.78 is 27.5. The molecule has 1 fully saturated rings. The number of benzene rings is 2. The summed E-state index contributed by atoms with van der Waals surface area (Å²) in [5, 5.41) is 0. The minimum Gasteiger partial charge on any atom is -0.208 e. The van der Waals surface area contributed by atoms with Crippen LogP contribution in [0.1, 0.15) is 25.7 Å². The van der Waals surface area contributed by atoms with Crippen LogP contribution in [-0.4, -0.2) is 14.5 Å². The SMILES string of the molecule is O=S(=O)(NC1CCCC1)c1ccc(-c2ccccc2)cc1. The molecule has 110 valence electrons.